The third-order valence-corrected chi connectivity index (χ3v) is 5.42. The molecular weight excluding hydrogens is 364 g/mol. The Hall–Kier alpha value is -2.73. The van der Waals surface area contributed by atoms with Crippen molar-refractivity contribution in [2.45, 2.75) is 19.8 Å². The fraction of sp³-hybridized carbons (Fsp3) is 0.435. The number of hydrogen-bond acceptors (Lipinski definition) is 4. The van der Waals surface area contributed by atoms with Crippen molar-refractivity contribution in [2.75, 3.05) is 39.8 Å². The van der Waals surface area contributed by atoms with Gasteiger partial charge in [-0.15, -0.1) is 0 Å². The number of rotatable bonds is 7. The van der Waals surface area contributed by atoms with Crippen LogP contribution in [0.25, 0.3) is 11.1 Å². The van der Waals surface area contributed by atoms with Gasteiger partial charge in [0.1, 0.15) is 0 Å². The number of pyridine rings is 1. The van der Waals surface area contributed by atoms with Crippen LogP contribution in [-0.2, 0) is 16.0 Å². The second-order valence-electron chi connectivity index (χ2n) is 7.53. The van der Waals surface area contributed by atoms with Crippen LogP contribution in [0.3, 0.4) is 0 Å². The molecule has 0 unspecified atom stereocenters. The predicted molar refractivity (Wildman–Crippen MR) is 114 cm³/mol. The average molecular weight is 395 g/mol. The Labute approximate surface area is 172 Å². The first-order chi connectivity index (χ1) is 14.1. The van der Waals surface area contributed by atoms with E-state index in [0.29, 0.717) is 26.1 Å². The zero-order valence-electron chi connectivity index (χ0n) is 17.3. The normalized spacial score (nSPS) is 17.8. The average Bonchev–Trinajstić information content (AvgIpc) is 2.89. The Bertz CT molecular complexity index is 825. The van der Waals surface area contributed by atoms with Gasteiger partial charge in [-0.2, -0.15) is 0 Å². The molecule has 1 aromatic heterocycles. The molecule has 1 N–H and O–H groups in total. The zero-order valence-corrected chi connectivity index (χ0v) is 17.3. The molecule has 0 bridgehead atoms. The van der Waals surface area contributed by atoms with E-state index in [9.17, 15) is 9.59 Å². The molecule has 6 nitrogen and oxygen atoms in total. The summed E-state index contributed by atoms with van der Waals surface area (Å²) in [6.45, 7) is 5.16. The van der Waals surface area contributed by atoms with Crippen LogP contribution in [0.2, 0.25) is 0 Å². The lowest BCUT2D eigenvalue weighted by Crippen LogP contribution is -2.39. The second-order valence-corrected chi connectivity index (χ2v) is 7.53. The molecule has 1 aliphatic heterocycles. The lowest BCUT2D eigenvalue weighted by atomic mass is 9.91. The topological polar surface area (TPSA) is 65.5 Å². The minimum atomic E-state index is -0.175. The van der Waals surface area contributed by atoms with E-state index < -0.39 is 0 Å². The summed E-state index contributed by atoms with van der Waals surface area (Å²) in [6, 6.07) is 12.2. The van der Waals surface area contributed by atoms with Crippen molar-refractivity contribution in [1.82, 2.24) is 20.1 Å². The van der Waals surface area contributed by atoms with Gasteiger partial charge in [0, 0.05) is 51.2 Å². The van der Waals surface area contributed by atoms with E-state index >= 15 is 0 Å². The molecule has 0 spiro atoms. The van der Waals surface area contributed by atoms with Crippen LogP contribution >= 0.6 is 0 Å². The number of amides is 2. The van der Waals surface area contributed by atoms with Gasteiger partial charge in [-0.3, -0.25) is 19.5 Å². The maximum atomic E-state index is 13.3. The maximum absolute atomic E-state index is 13.3. The molecule has 1 fully saturated rings. The Morgan fingerprint density at radius 2 is 2.03 bits per heavy atom. The Morgan fingerprint density at radius 1 is 1.21 bits per heavy atom. The SMILES string of the molecule is CCCN1CCN(CC(=O)NC)C[C@@H](Cc2ccccc2-c2cccnc2)C1=O. The van der Waals surface area contributed by atoms with Crippen LogP contribution in [0.5, 0.6) is 0 Å². The molecule has 1 atom stereocenters. The fourth-order valence-electron chi connectivity index (χ4n) is 3.95. The molecule has 0 aliphatic carbocycles. The van der Waals surface area contributed by atoms with Crippen LogP contribution in [0, 0.1) is 5.92 Å². The van der Waals surface area contributed by atoms with E-state index in [0.717, 1.165) is 36.2 Å². The molecule has 1 saturated heterocycles. The van der Waals surface area contributed by atoms with Gasteiger partial charge in [-0.25, -0.2) is 0 Å². The van der Waals surface area contributed by atoms with Gasteiger partial charge in [0.2, 0.25) is 11.8 Å². The summed E-state index contributed by atoms with van der Waals surface area (Å²) in [4.78, 5) is 33.5. The van der Waals surface area contributed by atoms with E-state index in [-0.39, 0.29) is 17.7 Å². The van der Waals surface area contributed by atoms with Crippen molar-refractivity contribution < 1.29 is 9.59 Å². The maximum Gasteiger partial charge on any atom is 0.233 e. The highest BCUT2D eigenvalue weighted by Crippen LogP contribution is 2.26. The van der Waals surface area contributed by atoms with Gasteiger partial charge in [0.25, 0.3) is 0 Å². The van der Waals surface area contributed by atoms with Gasteiger partial charge < -0.3 is 10.2 Å². The van der Waals surface area contributed by atoms with Crippen molar-refractivity contribution in [3.05, 3.63) is 54.4 Å². The lowest BCUT2D eigenvalue weighted by Gasteiger charge is -2.24. The van der Waals surface area contributed by atoms with Crippen molar-refractivity contribution >= 4 is 11.8 Å². The smallest absolute Gasteiger partial charge is 0.233 e. The number of nitrogens with zero attached hydrogens (tertiary/aromatic N) is 3. The molecule has 154 valence electrons. The first-order valence-electron chi connectivity index (χ1n) is 10.3. The predicted octanol–water partition coefficient (Wildman–Crippen LogP) is 2.21. The van der Waals surface area contributed by atoms with Crippen LogP contribution in [0.15, 0.2) is 48.8 Å². The number of carbonyl (C=O) groups is 2. The van der Waals surface area contributed by atoms with Gasteiger partial charge in [-0.05, 0) is 30.0 Å². The number of carbonyl (C=O) groups excluding carboxylic acids is 2. The van der Waals surface area contributed by atoms with Crippen molar-refractivity contribution in [3.63, 3.8) is 0 Å². The highest BCUT2D eigenvalue weighted by atomic mass is 16.2. The first kappa shape index (κ1) is 21.0. The number of hydrogen-bond donors (Lipinski definition) is 1. The molecular formula is C23H30N4O2. The molecule has 1 aromatic carbocycles. The van der Waals surface area contributed by atoms with E-state index in [1.807, 2.05) is 35.4 Å². The molecule has 2 aromatic rings. The second kappa shape index (κ2) is 10.2. The van der Waals surface area contributed by atoms with E-state index in [1.165, 1.54) is 0 Å². The molecule has 0 radical (unpaired) electrons. The van der Waals surface area contributed by atoms with Crippen LogP contribution < -0.4 is 5.32 Å². The van der Waals surface area contributed by atoms with E-state index in [1.54, 1.807) is 13.2 Å². The lowest BCUT2D eigenvalue weighted by molar-refractivity contribution is -0.134. The Balaban J connectivity index is 1.86. The molecule has 3 rings (SSSR count). The summed E-state index contributed by atoms with van der Waals surface area (Å²) < 4.78 is 0. The highest BCUT2D eigenvalue weighted by molar-refractivity contribution is 5.81. The molecule has 1 aliphatic rings. The molecule has 6 heteroatoms. The van der Waals surface area contributed by atoms with Crippen molar-refractivity contribution in [3.8, 4) is 11.1 Å². The summed E-state index contributed by atoms with van der Waals surface area (Å²) in [7, 11) is 1.65. The molecule has 0 saturated carbocycles. The Morgan fingerprint density at radius 3 is 2.76 bits per heavy atom. The third kappa shape index (κ3) is 5.41. The summed E-state index contributed by atoms with van der Waals surface area (Å²) in [5.74, 6) is -0.00493. The van der Waals surface area contributed by atoms with Gasteiger partial charge in [0.05, 0.1) is 12.5 Å². The molecule has 2 heterocycles. The first-order valence-corrected chi connectivity index (χ1v) is 10.3. The minimum absolute atomic E-state index is 0.0177. The minimum Gasteiger partial charge on any atom is -0.358 e. The molecule has 29 heavy (non-hydrogen) atoms. The Kier molecular flexibility index (Phi) is 7.36. The van der Waals surface area contributed by atoms with Crippen LogP contribution in [0.4, 0.5) is 0 Å². The van der Waals surface area contributed by atoms with Crippen LogP contribution in [-0.4, -0.2) is 66.4 Å². The number of aromatic nitrogens is 1. The zero-order chi connectivity index (χ0) is 20.6. The van der Waals surface area contributed by atoms with Crippen molar-refractivity contribution in [1.29, 1.82) is 0 Å². The van der Waals surface area contributed by atoms with E-state index in [2.05, 4.69) is 34.3 Å². The summed E-state index contributed by atoms with van der Waals surface area (Å²) in [5, 5.41) is 2.69. The monoisotopic (exact) mass is 394 g/mol. The van der Waals surface area contributed by atoms with E-state index in [4.69, 9.17) is 0 Å². The fourth-order valence-corrected chi connectivity index (χ4v) is 3.95. The number of benzene rings is 1. The highest BCUT2D eigenvalue weighted by Gasteiger charge is 2.31. The standard InChI is InChI=1S/C23H30N4O2/c1-3-11-27-13-12-26(17-22(28)24-2)16-20(23(27)29)14-18-7-4-5-9-21(18)19-8-6-10-25-15-19/h4-10,15,20H,3,11-14,16-17H2,1-2H3,(H,24,28)/t20-/m1/s1. The summed E-state index contributed by atoms with van der Waals surface area (Å²) in [6.07, 6.45) is 5.20. The summed E-state index contributed by atoms with van der Waals surface area (Å²) in [5.41, 5.74) is 3.30. The van der Waals surface area contributed by atoms with Crippen molar-refractivity contribution in [2.24, 2.45) is 5.92 Å². The summed E-state index contributed by atoms with van der Waals surface area (Å²) >= 11 is 0. The number of likely N-dealkylation sites (N-methyl/N-ethyl adjacent to an activating group) is 1. The van der Waals surface area contributed by atoms with Gasteiger partial charge in [0.15, 0.2) is 0 Å². The largest absolute Gasteiger partial charge is 0.358 e. The van der Waals surface area contributed by atoms with Crippen LogP contribution in [0.1, 0.15) is 18.9 Å². The van der Waals surface area contributed by atoms with Gasteiger partial charge >= 0.3 is 0 Å². The third-order valence-electron chi connectivity index (χ3n) is 5.42. The number of nitrogens with one attached hydrogen (secondary N) is 1. The quantitative estimate of drug-likeness (QED) is 0.782. The van der Waals surface area contributed by atoms with Gasteiger partial charge in [-0.1, -0.05) is 37.3 Å². The molecule has 2 amide bonds.